The van der Waals surface area contributed by atoms with Crippen molar-refractivity contribution in [2.75, 3.05) is 13.2 Å². The summed E-state index contributed by atoms with van der Waals surface area (Å²) in [4.78, 5) is 4.13. The summed E-state index contributed by atoms with van der Waals surface area (Å²) in [5, 5.41) is 3.55. The number of piperidine rings is 1. The fourth-order valence-corrected chi connectivity index (χ4v) is 2.11. The van der Waals surface area contributed by atoms with Gasteiger partial charge >= 0.3 is 0 Å². The van der Waals surface area contributed by atoms with Crippen molar-refractivity contribution < 1.29 is 4.74 Å². The van der Waals surface area contributed by atoms with Crippen molar-refractivity contribution in [2.24, 2.45) is 0 Å². The predicted molar refractivity (Wildman–Crippen MR) is 64.6 cm³/mol. The van der Waals surface area contributed by atoms with E-state index in [1.807, 2.05) is 18.2 Å². The van der Waals surface area contributed by atoms with Crippen LogP contribution in [0.2, 0.25) is 0 Å². The third-order valence-corrected chi connectivity index (χ3v) is 3.00. The lowest BCUT2D eigenvalue weighted by atomic mass is 10.0. The van der Waals surface area contributed by atoms with Gasteiger partial charge in [0.15, 0.2) is 0 Å². The molecule has 1 aliphatic heterocycles. The first-order chi connectivity index (χ1) is 7.95. The molecule has 2 rings (SSSR count). The summed E-state index contributed by atoms with van der Waals surface area (Å²) in [6.07, 6.45) is 8.11. The van der Waals surface area contributed by atoms with E-state index in [9.17, 15) is 0 Å². The summed E-state index contributed by atoms with van der Waals surface area (Å²) in [6.45, 7) is 1.96. The fraction of sp³-hybridized carbons (Fsp3) is 0.615. The Morgan fingerprint density at radius 2 is 2.38 bits per heavy atom. The Hall–Kier alpha value is -1.09. The van der Waals surface area contributed by atoms with E-state index in [4.69, 9.17) is 4.74 Å². The van der Waals surface area contributed by atoms with Gasteiger partial charge in [0.2, 0.25) is 5.88 Å². The summed E-state index contributed by atoms with van der Waals surface area (Å²) in [6, 6.07) is 6.46. The van der Waals surface area contributed by atoms with Gasteiger partial charge in [-0.1, -0.05) is 12.5 Å². The van der Waals surface area contributed by atoms with Crippen LogP contribution in [0.1, 0.15) is 32.1 Å². The fourth-order valence-electron chi connectivity index (χ4n) is 2.11. The summed E-state index contributed by atoms with van der Waals surface area (Å²) in [7, 11) is 0. The first-order valence-electron chi connectivity index (χ1n) is 6.22. The Bertz CT molecular complexity index is 283. The van der Waals surface area contributed by atoms with Gasteiger partial charge in [0.1, 0.15) is 0 Å². The minimum Gasteiger partial charge on any atom is -0.478 e. The highest BCUT2D eigenvalue weighted by molar-refractivity contribution is 5.08. The van der Waals surface area contributed by atoms with Crippen LogP contribution >= 0.6 is 0 Å². The van der Waals surface area contributed by atoms with Gasteiger partial charge in [0, 0.05) is 18.3 Å². The van der Waals surface area contributed by atoms with E-state index in [2.05, 4.69) is 10.3 Å². The van der Waals surface area contributed by atoms with Crippen LogP contribution in [0.4, 0.5) is 0 Å². The van der Waals surface area contributed by atoms with Crippen molar-refractivity contribution in [3.05, 3.63) is 24.4 Å². The second kappa shape index (κ2) is 6.48. The van der Waals surface area contributed by atoms with Gasteiger partial charge in [-0.25, -0.2) is 4.98 Å². The minimum atomic E-state index is 0.709. The standard InChI is InChI=1S/C13H20N2O/c1-3-9-14-12(6-1)7-5-11-16-13-8-2-4-10-15-13/h2,4,8,10,12,14H,1,3,5-7,9,11H2/t12-/m1/s1. The van der Waals surface area contributed by atoms with Crippen LogP contribution in [0.15, 0.2) is 24.4 Å². The van der Waals surface area contributed by atoms with Crippen LogP contribution in [0.25, 0.3) is 0 Å². The first-order valence-corrected chi connectivity index (χ1v) is 6.22. The number of ether oxygens (including phenoxy) is 1. The molecule has 0 spiro atoms. The van der Waals surface area contributed by atoms with Gasteiger partial charge in [0.25, 0.3) is 0 Å². The van der Waals surface area contributed by atoms with Gasteiger partial charge in [-0.15, -0.1) is 0 Å². The summed E-state index contributed by atoms with van der Waals surface area (Å²) in [5.41, 5.74) is 0. The molecule has 2 heterocycles. The number of nitrogens with one attached hydrogen (secondary N) is 1. The summed E-state index contributed by atoms with van der Waals surface area (Å²) >= 11 is 0. The molecule has 3 nitrogen and oxygen atoms in total. The Kier molecular flexibility index (Phi) is 4.62. The number of pyridine rings is 1. The van der Waals surface area contributed by atoms with Gasteiger partial charge < -0.3 is 10.1 Å². The molecule has 1 aliphatic rings. The van der Waals surface area contributed by atoms with E-state index in [-0.39, 0.29) is 0 Å². The maximum absolute atomic E-state index is 5.56. The minimum absolute atomic E-state index is 0.709. The lowest BCUT2D eigenvalue weighted by molar-refractivity contribution is 0.276. The molecule has 0 saturated carbocycles. The molecule has 3 heteroatoms. The van der Waals surface area contributed by atoms with Gasteiger partial charge in [-0.05, 0) is 38.3 Å². The van der Waals surface area contributed by atoms with Crippen molar-refractivity contribution >= 4 is 0 Å². The lowest BCUT2D eigenvalue weighted by Gasteiger charge is -2.23. The Morgan fingerprint density at radius 1 is 1.38 bits per heavy atom. The zero-order valence-electron chi connectivity index (χ0n) is 9.69. The Balaban J connectivity index is 1.58. The van der Waals surface area contributed by atoms with E-state index in [1.165, 1.54) is 32.2 Å². The van der Waals surface area contributed by atoms with Crippen molar-refractivity contribution in [1.82, 2.24) is 10.3 Å². The van der Waals surface area contributed by atoms with Gasteiger partial charge in [-0.3, -0.25) is 0 Å². The highest BCUT2D eigenvalue weighted by Gasteiger charge is 2.11. The summed E-state index contributed by atoms with van der Waals surface area (Å²) < 4.78 is 5.56. The van der Waals surface area contributed by atoms with E-state index in [0.717, 1.165) is 18.9 Å². The van der Waals surface area contributed by atoms with Crippen LogP contribution in [0.3, 0.4) is 0 Å². The Morgan fingerprint density at radius 3 is 3.12 bits per heavy atom. The molecular weight excluding hydrogens is 200 g/mol. The molecule has 0 aliphatic carbocycles. The lowest BCUT2D eigenvalue weighted by Crippen LogP contribution is -2.34. The van der Waals surface area contributed by atoms with Gasteiger partial charge in [0.05, 0.1) is 6.61 Å². The number of hydrogen-bond donors (Lipinski definition) is 1. The molecule has 1 atom stereocenters. The van der Waals surface area contributed by atoms with Crippen molar-refractivity contribution in [1.29, 1.82) is 0 Å². The average molecular weight is 220 g/mol. The molecule has 1 aromatic heterocycles. The van der Waals surface area contributed by atoms with Crippen molar-refractivity contribution in [3.63, 3.8) is 0 Å². The van der Waals surface area contributed by atoms with Gasteiger partial charge in [-0.2, -0.15) is 0 Å². The molecule has 1 fully saturated rings. The smallest absolute Gasteiger partial charge is 0.213 e. The first kappa shape index (κ1) is 11.4. The molecule has 0 bridgehead atoms. The maximum atomic E-state index is 5.56. The van der Waals surface area contributed by atoms with Crippen LogP contribution in [-0.4, -0.2) is 24.2 Å². The topological polar surface area (TPSA) is 34.1 Å². The van der Waals surface area contributed by atoms with Crippen molar-refractivity contribution in [3.8, 4) is 5.88 Å². The second-order valence-corrected chi connectivity index (χ2v) is 4.31. The highest BCUT2D eigenvalue weighted by atomic mass is 16.5. The predicted octanol–water partition coefficient (Wildman–Crippen LogP) is 2.38. The second-order valence-electron chi connectivity index (χ2n) is 4.31. The molecule has 88 valence electrons. The average Bonchev–Trinajstić information content (AvgIpc) is 2.37. The number of hydrogen-bond acceptors (Lipinski definition) is 3. The zero-order valence-corrected chi connectivity index (χ0v) is 9.69. The number of rotatable bonds is 5. The molecule has 0 amide bonds. The Labute approximate surface area is 97.2 Å². The monoisotopic (exact) mass is 220 g/mol. The molecule has 1 aromatic rings. The van der Waals surface area contributed by atoms with Crippen LogP contribution in [0, 0.1) is 0 Å². The SMILES string of the molecule is c1ccc(OCCC[C@H]2CCCCN2)nc1. The molecular formula is C13H20N2O. The summed E-state index contributed by atoms with van der Waals surface area (Å²) in [5.74, 6) is 0.735. The van der Waals surface area contributed by atoms with E-state index in [1.54, 1.807) is 6.20 Å². The molecule has 0 aromatic carbocycles. The number of aromatic nitrogens is 1. The van der Waals surface area contributed by atoms with Crippen LogP contribution in [0.5, 0.6) is 5.88 Å². The highest BCUT2D eigenvalue weighted by Crippen LogP contribution is 2.12. The normalized spacial score (nSPS) is 20.6. The number of nitrogens with zero attached hydrogens (tertiary/aromatic N) is 1. The molecule has 1 N–H and O–H groups in total. The third-order valence-electron chi connectivity index (χ3n) is 3.00. The molecule has 16 heavy (non-hydrogen) atoms. The molecule has 0 radical (unpaired) electrons. The molecule has 1 saturated heterocycles. The quantitative estimate of drug-likeness (QED) is 0.774. The van der Waals surface area contributed by atoms with E-state index >= 15 is 0 Å². The molecule has 0 unspecified atom stereocenters. The van der Waals surface area contributed by atoms with E-state index in [0.29, 0.717) is 6.04 Å². The van der Waals surface area contributed by atoms with Crippen molar-refractivity contribution in [2.45, 2.75) is 38.1 Å². The maximum Gasteiger partial charge on any atom is 0.213 e. The van der Waals surface area contributed by atoms with E-state index < -0.39 is 0 Å². The van der Waals surface area contributed by atoms with Crippen LogP contribution in [-0.2, 0) is 0 Å². The zero-order chi connectivity index (χ0) is 11.1. The largest absolute Gasteiger partial charge is 0.478 e. The third kappa shape index (κ3) is 3.81. The van der Waals surface area contributed by atoms with Crippen LogP contribution < -0.4 is 10.1 Å².